The standard InChI is InChI=1S/C14H15N3O5S2/c1-9(18)7-23-14-17-16-13(22-14)8-24(20,21)12-5-3-11(4-6-12)15-10(2)19/h3-6H,7-8H2,1-2H3,(H,15,19). The van der Waals surface area contributed by atoms with Crippen LogP contribution in [-0.4, -0.2) is 36.1 Å². The largest absolute Gasteiger partial charge is 0.415 e. The number of rotatable bonds is 7. The number of sulfone groups is 1. The number of aromatic nitrogens is 2. The van der Waals surface area contributed by atoms with Gasteiger partial charge >= 0.3 is 0 Å². The SMILES string of the molecule is CC(=O)CSc1nnc(CS(=O)(=O)c2ccc(NC(C)=O)cc2)o1. The number of ketones is 1. The smallest absolute Gasteiger partial charge is 0.277 e. The lowest BCUT2D eigenvalue weighted by atomic mass is 10.3. The zero-order valence-corrected chi connectivity index (χ0v) is 14.6. The van der Waals surface area contributed by atoms with Gasteiger partial charge in [0.1, 0.15) is 11.5 Å². The average molecular weight is 369 g/mol. The number of Topliss-reactive ketones (excluding diaryl/α,β-unsaturated/α-hetero) is 1. The molecule has 0 unspecified atom stereocenters. The van der Waals surface area contributed by atoms with Gasteiger partial charge in [-0.1, -0.05) is 11.8 Å². The third-order valence-corrected chi connectivity index (χ3v) is 5.27. The molecular weight excluding hydrogens is 354 g/mol. The van der Waals surface area contributed by atoms with Gasteiger partial charge in [0.2, 0.25) is 11.8 Å². The molecule has 1 aromatic carbocycles. The Morgan fingerprint density at radius 1 is 1.17 bits per heavy atom. The summed E-state index contributed by atoms with van der Waals surface area (Å²) in [5.74, 6) is -0.607. The van der Waals surface area contributed by atoms with E-state index in [9.17, 15) is 18.0 Å². The summed E-state index contributed by atoms with van der Waals surface area (Å²) >= 11 is 1.05. The first-order chi connectivity index (χ1) is 11.3. The van der Waals surface area contributed by atoms with Crippen molar-refractivity contribution >= 4 is 39.0 Å². The number of carbonyl (C=O) groups is 2. The van der Waals surface area contributed by atoms with Gasteiger partial charge in [-0.2, -0.15) is 0 Å². The number of carbonyl (C=O) groups excluding carboxylic acids is 2. The molecule has 2 aromatic rings. The Kier molecular flexibility index (Phi) is 5.73. The Labute approximate surface area is 143 Å². The first-order valence-electron chi connectivity index (χ1n) is 6.81. The molecule has 0 radical (unpaired) electrons. The first-order valence-corrected chi connectivity index (χ1v) is 9.45. The predicted octanol–water partition coefficient (Wildman–Crippen LogP) is 1.68. The van der Waals surface area contributed by atoms with Crippen molar-refractivity contribution in [2.75, 3.05) is 11.1 Å². The van der Waals surface area contributed by atoms with E-state index in [1.165, 1.54) is 38.1 Å². The van der Waals surface area contributed by atoms with Crippen LogP contribution < -0.4 is 5.32 Å². The van der Waals surface area contributed by atoms with Crippen molar-refractivity contribution in [2.45, 2.75) is 29.7 Å². The van der Waals surface area contributed by atoms with E-state index in [0.29, 0.717) is 5.69 Å². The number of hydrogen-bond donors (Lipinski definition) is 1. The van der Waals surface area contributed by atoms with Crippen LogP contribution in [0.1, 0.15) is 19.7 Å². The van der Waals surface area contributed by atoms with Crippen LogP contribution in [0.4, 0.5) is 5.69 Å². The van der Waals surface area contributed by atoms with Crippen LogP contribution in [0.2, 0.25) is 0 Å². The summed E-state index contributed by atoms with van der Waals surface area (Å²) in [4.78, 5) is 21.9. The normalized spacial score (nSPS) is 11.2. The summed E-state index contributed by atoms with van der Waals surface area (Å²) in [6, 6.07) is 5.78. The van der Waals surface area contributed by atoms with Gasteiger partial charge in [0.25, 0.3) is 5.22 Å². The van der Waals surface area contributed by atoms with E-state index in [4.69, 9.17) is 4.42 Å². The molecular formula is C14H15N3O5S2. The van der Waals surface area contributed by atoms with Crippen LogP contribution in [0, 0.1) is 0 Å². The second-order valence-corrected chi connectivity index (χ2v) is 7.83. The van der Waals surface area contributed by atoms with Crippen molar-refractivity contribution in [3.8, 4) is 0 Å². The Morgan fingerprint density at radius 3 is 2.42 bits per heavy atom. The zero-order chi connectivity index (χ0) is 17.7. The molecule has 0 fully saturated rings. The molecule has 2 rings (SSSR count). The summed E-state index contributed by atoms with van der Waals surface area (Å²) in [7, 11) is -3.66. The summed E-state index contributed by atoms with van der Waals surface area (Å²) in [6.07, 6.45) is 0. The second kappa shape index (κ2) is 7.58. The molecule has 8 nitrogen and oxygen atoms in total. The number of benzene rings is 1. The molecule has 0 spiro atoms. The molecule has 1 N–H and O–H groups in total. The minimum absolute atomic E-state index is 0.0491. The lowest BCUT2D eigenvalue weighted by Crippen LogP contribution is -2.07. The fourth-order valence-electron chi connectivity index (χ4n) is 1.71. The van der Waals surface area contributed by atoms with Crippen molar-refractivity contribution in [3.63, 3.8) is 0 Å². The van der Waals surface area contributed by atoms with Gasteiger partial charge in [-0.05, 0) is 31.2 Å². The van der Waals surface area contributed by atoms with Gasteiger partial charge in [-0.15, -0.1) is 10.2 Å². The van der Waals surface area contributed by atoms with Crippen molar-refractivity contribution in [2.24, 2.45) is 0 Å². The van der Waals surface area contributed by atoms with Gasteiger partial charge in [-0.25, -0.2) is 8.42 Å². The number of anilines is 1. The average Bonchev–Trinajstić information content (AvgIpc) is 2.92. The van der Waals surface area contributed by atoms with E-state index in [-0.39, 0.29) is 33.5 Å². The molecule has 1 heterocycles. The van der Waals surface area contributed by atoms with E-state index in [1.54, 1.807) is 0 Å². The second-order valence-electron chi connectivity index (χ2n) is 4.92. The van der Waals surface area contributed by atoms with Gasteiger partial charge in [0, 0.05) is 12.6 Å². The molecule has 0 saturated heterocycles. The monoisotopic (exact) mass is 369 g/mol. The molecule has 0 bridgehead atoms. The van der Waals surface area contributed by atoms with Crippen molar-refractivity contribution in [3.05, 3.63) is 30.2 Å². The zero-order valence-electron chi connectivity index (χ0n) is 13.0. The molecule has 1 amide bonds. The van der Waals surface area contributed by atoms with E-state index >= 15 is 0 Å². The quantitative estimate of drug-likeness (QED) is 0.732. The minimum atomic E-state index is -3.66. The first kappa shape index (κ1) is 18.1. The maximum Gasteiger partial charge on any atom is 0.277 e. The summed E-state index contributed by atoms with van der Waals surface area (Å²) in [5.41, 5.74) is 0.502. The topological polar surface area (TPSA) is 119 Å². The fraction of sp³-hybridized carbons (Fsp3) is 0.286. The predicted molar refractivity (Wildman–Crippen MR) is 87.3 cm³/mol. The van der Waals surface area contributed by atoms with E-state index in [0.717, 1.165) is 11.8 Å². The van der Waals surface area contributed by atoms with Crippen molar-refractivity contribution in [1.82, 2.24) is 10.2 Å². The summed E-state index contributed by atoms with van der Waals surface area (Å²) < 4.78 is 29.9. The molecule has 0 aliphatic carbocycles. The van der Waals surface area contributed by atoms with E-state index < -0.39 is 15.6 Å². The molecule has 0 aliphatic heterocycles. The maximum absolute atomic E-state index is 12.3. The minimum Gasteiger partial charge on any atom is -0.415 e. The molecule has 0 atom stereocenters. The maximum atomic E-state index is 12.3. The Morgan fingerprint density at radius 2 is 1.83 bits per heavy atom. The van der Waals surface area contributed by atoms with Gasteiger partial charge in [-0.3, -0.25) is 9.59 Å². The highest BCUT2D eigenvalue weighted by Gasteiger charge is 2.20. The van der Waals surface area contributed by atoms with E-state index in [1.807, 2.05) is 0 Å². The van der Waals surface area contributed by atoms with Crippen LogP contribution in [-0.2, 0) is 25.2 Å². The Hall–Kier alpha value is -2.20. The van der Waals surface area contributed by atoms with Crippen LogP contribution >= 0.6 is 11.8 Å². The lowest BCUT2D eigenvalue weighted by Gasteiger charge is -2.04. The third-order valence-electron chi connectivity index (χ3n) is 2.69. The number of amides is 1. The van der Waals surface area contributed by atoms with Crippen LogP contribution in [0.25, 0.3) is 0 Å². The number of nitrogens with zero attached hydrogens (tertiary/aromatic N) is 2. The molecule has 24 heavy (non-hydrogen) atoms. The van der Waals surface area contributed by atoms with Gasteiger partial charge in [0.05, 0.1) is 10.6 Å². The van der Waals surface area contributed by atoms with Crippen molar-refractivity contribution < 1.29 is 22.4 Å². The Balaban J connectivity index is 2.08. The molecule has 0 saturated carbocycles. The van der Waals surface area contributed by atoms with E-state index in [2.05, 4.69) is 15.5 Å². The number of hydrogen-bond acceptors (Lipinski definition) is 8. The molecule has 10 heteroatoms. The third kappa shape index (κ3) is 5.17. The van der Waals surface area contributed by atoms with Crippen LogP contribution in [0.5, 0.6) is 0 Å². The lowest BCUT2D eigenvalue weighted by molar-refractivity contribution is -0.115. The highest BCUT2D eigenvalue weighted by Crippen LogP contribution is 2.21. The van der Waals surface area contributed by atoms with Gasteiger partial charge < -0.3 is 9.73 Å². The summed E-state index contributed by atoms with van der Waals surface area (Å²) in [6.45, 7) is 2.79. The molecule has 0 aliphatic rings. The van der Waals surface area contributed by atoms with Crippen molar-refractivity contribution in [1.29, 1.82) is 0 Å². The van der Waals surface area contributed by atoms with Gasteiger partial charge in [0.15, 0.2) is 9.84 Å². The highest BCUT2D eigenvalue weighted by atomic mass is 32.2. The molecule has 1 aromatic heterocycles. The molecule has 128 valence electrons. The summed E-state index contributed by atoms with van der Waals surface area (Å²) in [5, 5.41) is 10.1. The fourth-order valence-corrected chi connectivity index (χ4v) is 3.45. The number of thioether (sulfide) groups is 1. The Bertz CT molecular complexity index is 844. The highest BCUT2D eigenvalue weighted by molar-refractivity contribution is 7.99. The number of nitrogens with one attached hydrogen (secondary N) is 1. The van der Waals surface area contributed by atoms with Crippen LogP contribution in [0.15, 0.2) is 38.8 Å². The van der Waals surface area contributed by atoms with Crippen LogP contribution in [0.3, 0.4) is 0 Å².